The number of anilines is 2. The molecule has 1 fully saturated rings. The molecule has 0 unspecified atom stereocenters. The van der Waals surface area contributed by atoms with E-state index >= 15 is 0 Å². The summed E-state index contributed by atoms with van der Waals surface area (Å²) in [5.74, 6) is 0.589. The molecule has 0 atom stereocenters. The van der Waals surface area contributed by atoms with Gasteiger partial charge in [-0.15, -0.1) is 0 Å². The van der Waals surface area contributed by atoms with Crippen LogP contribution in [-0.4, -0.2) is 40.8 Å². The molecule has 1 aromatic heterocycles. The highest BCUT2D eigenvalue weighted by atomic mass is 16.5. The minimum atomic E-state index is -0.0914. The first-order chi connectivity index (χ1) is 9.17. The van der Waals surface area contributed by atoms with Crippen molar-refractivity contribution in [2.75, 3.05) is 31.3 Å². The summed E-state index contributed by atoms with van der Waals surface area (Å²) in [5, 5.41) is 3.15. The molecule has 0 spiro atoms. The van der Waals surface area contributed by atoms with Crippen LogP contribution < -0.4 is 15.8 Å². The van der Waals surface area contributed by atoms with E-state index in [0.29, 0.717) is 19.1 Å². The number of methoxy groups -OCH3 is 1. The summed E-state index contributed by atoms with van der Waals surface area (Å²) >= 11 is 0. The molecule has 7 heteroatoms. The van der Waals surface area contributed by atoms with E-state index in [4.69, 9.17) is 15.2 Å². The molecule has 7 nitrogen and oxygen atoms in total. The average Bonchev–Trinajstić information content (AvgIpc) is 2.35. The number of rotatable bonds is 7. The molecule has 0 radical (unpaired) electrons. The Morgan fingerprint density at radius 2 is 2.11 bits per heavy atom. The monoisotopic (exact) mass is 267 g/mol. The van der Waals surface area contributed by atoms with Gasteiger partial charge in [0.25, 0.3) is 0 Å². The van der Waals surface area contributed by atoms with Crippen molar-refractivity contribution in [2.24, 2.45) is 0 Å². The fourth-order valence-electron chi connectivity index (χ4n) is 1.97. The molecule has 2 rings (SSSR count). The molecule has 106 valence electrons. The second kappa shape index (κ2) is 6.01. The second-order valence-electron chi connectivity index (χ2n) is 4.74. The number of nitrogens with one attached hydrogen (secondary N) is 1. The zero-order valence-corrected chi connectivity index (χ0v) is 11.5. The summed E-state index contributed by atoms with van der Waals surface area (Å²) in [7, 11) is 1.73. The number of ether oxygens (including phenoxy) is 2. The van der Waals surface area contributed by atoms with E-state index in [-0.39, 0.29) is 17.6 Å². The van der Waals surface area contributed by atoms with E-state index < -0.39 is 0 Å². The highest BCUT2D eigenvalue weighted by Crippen LogP contribution is 2.34. The number of nitrogen functional groups attached to an aromatic ring is 1. The third-order valence-electron chi connectivity index (χ3n) is 3.33. The Balaban J connectivity index is 1.97. The molecule has 0 aromatic carbocycles. The Hall–Kier alpha value is -1.63. The van der Waals surface area contributed by atoms with E-state index in [1.54, 1.807) is 7.11 Å². The van der Waals surface area contributed by atoms with Crippen LogP contribution in [0.1, 0.15) is 32.6 Å². The molecule has 1 aliphatic rings. The van der Waals surface area contributed by atoms with Gasteiger partial charge in [0.15, 0.2) is 0 Å². The standard InChI is InChI=1S/C12H21N5O2/c1-3-7-19-11-16-9(13)15-10(17-11)14-8-12(18-2)5-4-6-12/h3-8H2,1-2H3,(H3,13,14,15,16,17). The van der Waals surface area contributed by atoms with E-state index in [1.165, 1.54) is 6.42 Å². The molecule has 0 aliphatic heterocycles. The summed E-state index contributed by atoms with van der Waals surface area (Å²) in [5.41, 5.74) is 5.54. The van der Waals surface area contributed by atoms with Gasteiger partial charge in [-0.25, -0.2) is 0 Å². The molecular formula is C12H21N5O2. The third-order valence-corrected chi connectivity index (χ3v) is 3.33. The lowest BCUT2D eigenvalue weighted by atomic mass is 9.80. The summed E-state index contributed by atoms with van der Waals surface area (Å²) in [6.07, 6.45) is 4.19. The number of nitrogens with zero attached hydrogens (tertiary/aromatic N) is 3. The highest BCUT2D eigenvalue weighted by molar-refractivity contribution is 5.33. The molecule has 19 heavy (non-hydrogen) atoms. The van der Waals surface area contributed by atoms with Crippen LogP contribution >= 0.6 is 0 Å². The Morgan fingerprint density at radius 3 is 2.68 bits per heavy atom. The van der Waals surface area contributed by atoms with Crippen LogP contribution in [0.25, 0.3) is 0 Å². The minimum Gasteiger partial charge on any atom is -0.463 e. The lowest BCUT2D eigenvalue weighted by molar-refractivity contribution is -0.0602. The van der Waals surface area contributed by atoms with Crippen molar-refractivity contribution in [3.63, 3.8) is 0 Å². The number of aromatic nitrogens is 3. The minimum absolute atomic E-state index is 0.0914. The fraction of sp³-hybridized carbons (Fsp3) is 0.750. The topological polar surface area (TPSA) is 95.2 Å². The molecule has 0 bridgehead atoms. The van der Waals surface area contributed by atoms with Crippen LogP contribution in [0.5, 0.6) is 6.01 Å². The van der Waals surface area contributed by atoms with E-state index in [0.717, 1.165) is 19.3 Å². The van der Waals surface area contributed by atoms with Gasteiger partial charge < -0.3 is 20.5 Å². The van der Waals surface area contributed by atoms with Crippen molar-refractivity contribution in [3.8, 4) is 6.01 Å². The summed E-state index contributed by atoms with van der Waals surface area (Å²) < 4.78 is 10.9. The Kier molecular flexibility index (Phi) is 4.36. The van der Waals surface area contributed by atoms with Gasteiger partial charge in [-0.05, 0) is 25.7 Å². The smallest absolute Gasteiger partial charge is 0.323 e. The van der Waals surface area contributed by atoms with Crippen LogP contribution in [0.3, 0.4) is 0 Å². The summed E-state index contributed by atoms with van der Waals surface area (Å²) in [6, 6.07) is 0.261. The maximum absolute atomic E-state index is 5.64. The Labute approximate surface area is 112 Å². The van der Waals surface area contributed by atoms with Gasteiger partial charge >= 0.3 is 6.01 Å². The first kappa shape index (κ1) is 13.8. The lowest BCUT2D eigenvalue weighted by Gasteiger charge is -2.40. The van der Waals surface area contributed by atoms with Crippen molar-refractivity contribution >= 4 is 11.9 Å². The van der Waals surface area contributed by atoms with Crippen molar-refractivity contribution in [1.29, 1.82) is 0 Å². The van der Waals surface area contributed by atoms with Gasteiger partial charge in [0.1, 0.15) is 0 Å². The Morgan fingerprint density at radius 1 is 1.32 bits per heavy atom. The quantitative estimate of drug-likeness (QED) is 0.767. The molecule has 1 aromatic rings. The van der Waals surface area contributed by atoms with Crippen LogP contribution in [0, 0.1) is 0 Å². The van der Waals surface area contributed by atoms with Gasteiger partial charge in [-0.3, -0.25) is 0 Å². The van der Waals surface area contributed by atoms with Gasteiger partial charge in [0.05, 0.1) is 12.2 Å². The summed E-state index contributed by atoms with van der Waals surface area (Å²) in [6.45, 7) is 3.24. The second-order valence-corrected chi connectivity index (χ2v) is 4.74. The molecule has 0 amide bonds. The number of hydrogen-bond acceptors (Lipinski definition) is 7. The molecule has 0 saturated heterocycles. The third kappa shape index (κ3) is 3.44. The van der Waals surface area contributed by atoms with Crippen LogP contribution in [0.4, 0.5) is 11.9 Å². The molecule has 1 aliphatic carbocycles. The van der Waals surface area contributed by atoms with Crippen molar-refractivity contribution < 1.29 is 9.47 Å². The number of hydrogen-bond donors (Lipinski definition) is 2. The van der Waals surface area contributed by atoms with Gasteiger partial charge in [-0.2, -0.15) is 15.0 Å². The van der Waals surface area contributed by atoms with Crippen molar-refractivity contribution in [3.05, 3.63) is 0 Å². The molecule has 1 heterocycles. The predicted octanol–water partition coefficient (Wildman–Crippen LogP) is 1.22. The normalized spacial score (nSPS) is 16.7. The molecule has 3 N–H and O–H groups in total. The maximum Gasteiger partial charge on any atom is 0.323 e. The van der Waals surface area contributed by atoms with Crippen molar-refractivity contribution in [2.45, 2.75) is 38.2 Å². The van der Waals surface area contributed by atoms with Crippen LogP contribution in [-0.2, 0) is 4.74 Å². The van der Waals surface area contributed by atoms with E-state index in [2.05, 4.69) is 20.3 Å². The predicted molar refractivity (Wildman–Crippen MR) is 72.1 cm³/mol. The zero-order chi connectivity index (χ0) is 13.7. The average molecular weight is 267 g/mol. The van der Waals surface area contributed by atoms with Crippen LogP contribution in [0.2, 0.25) is 0 Å². The molecule has 1 saturated carbocycles. The van der Waals surface area contributed by atoms with E-state index in [1.807, 2.05) is 6.92 Å². The maximum atomic E-state index is 5.64. The summed E-state index contributed by atoms with van der Waals surface area (Å²) in [4.78, 5) is 12.2. The first-order valence-electron chi connectivity index (χ1n) is 6.61. The van der Waals surface area contributed by atoms with Crippen molar-refractivity contribution in [1.82, 2.24) is 15.0 Å². The Bertz CT molecular complexity index is 417. The van der Waals surface area contributed by atoms with Crippen LogP contribution in [0.15, 0.2) is 0 Å². The zero-order valence-electron chi connectivity index (χ0n) is 11.5. The number of nitrogens with two attached hydrogens (primary N) is 1. The fourth-order valence-corrected chi connectivity index (χ4v) is 1.97. The largest absolute Gasteiger partial charge is 0.463 e. The first-order valence-corrected chi connectivity index (χ1v) is 6.61. The molecular weight excluding hydrogens is 246 g/mol. The van der Waals surface area contributed by atoms with Gasteiger partial charge in [-0.1, -0.05) is 6.92 Å². The highest BCUT2D eigenvalue weighted by Gasteiger charge is 2.36. The van der Waals surface area contributed by atoms with E-state index in [9.17, 15) is 0 Å². The van der Waals surface area contributed by atoms with Gasteiger partial charge in [0, 0.05) is 13.7 Å². The lowest BCUT2D eigenvalue weighted by Crippen LogP contribution is -2.45. The SMILES string of the molecule is CCCOc1nc(N)nc(NCC2(OC)CCC2)n1. The van der Waals surface area contributed by atoms with Gasteiger partial charge in [0.2, 0.25) is 11.9 Å².